The molecular weight excluding hydrogens is 370 g/mol. The van der Waals surface area contributed by atoms with Gasteiger partial charge in [-0.05, 0) is 23.1 Å². The number of hydrogen-bond donors (Lipinski definition) is 1. The minimum Gasteiger partial charge on any atom is -0.417 e. The molecule has 3 aromatic rings. The molecule has 1 aromatic carbocycles. The van der Waals surface area contributed by atoms with Crippen LogP contribution in [-0.4, -0.2) is 39.6 Å². The SMILES string of the molecule is CN1C(=O)[C@@]2(NC(=O)c3nnc(Cc4ccccc4)o3)C3[C@@H](c4cccnc41)[C@H]32. The van der Waals surface area contributed by atoms with E-state index in [4.69, 9.17) is 4.42 Å². The van der Waals surface area contributed by atoms with E-state index < -0.39 is 11.4 Å². The summed E-state index contributed by atoms with van der Waals surface area (Å²) in [6, 6.07) is 13.6. The summed E-state index contributed by atoms with van der Waals surface area (Å²) in [6.45, 7) is 0. The topological polar surface area (TPSA) is 101 Å². The predicted molar refractivity (Wildman–Crippen MR) is 101 cm³/mol. The van der Waals surface area contributed by atoms with Gasteiger partial charge in [0.15, 0.2) is 0 Å². The molecule has 0 spiro atoms. The van der Waals surface area contributed by atoms with E-state index in [1.165, 1.54) is 0 Å². The molecule has 1 N–H and O–H groups in total. The van der Waals surface area contributed by atoms with Crippen LogP contribution in [0.1, 0.15) is 33.6 Å². The Morgan fingerprint density at radius 3 is 2.76 bits per heavy atom. The van der Waals surface area contributed by atoms with Crippen LogP contribution in [0.3, 0.4) is 0 Å². The largest absolute Gasteiger partial charge is 0.417 e. The second-order valence-corrected chi connectivity index (χ2v) is 7.84. The van der Waals surface area contributed by atoms with E-state index in [-0.39, 0.29) is 29.6 Å². The van der Waals surface area contributed by atoms with E-state index in [9.17, 15) is 9.59 Å². The van der Waals surface area contributed by atoms with Gasteiger partial charge in [0.2, 0.25) is 5.89 Å². The van der Waals surface area contributed by atoms with E-state index in [1.807, 2.05) is 42.5 Å². The quantitative estimate of drug-likeness (QED) is 0.729. The molecule has 29 heavy (non-hydrogen) atoms. The lowest BCUT2D eigenvalue weighted by Crippen LogP contribution is -2.54. The number of nitrogens with one attached hydrogen (secondary N) is 1. The molecule has 2 bridgehead atoms. The zero-order valence-corrected chi connectivity index (χ0v) is 15.6. The van der Waals surface area contributed by atoms with Crippen molar-refractivity contribution in [2.75, 3.05) is 11.9 Å². The molecule has 144 valence electrons. The smallest absolute Gasteiger partial charge is 0.309 e. The van der Waals surface area contributed by atoms with Gasteiger partial charge in [-0.1, -0.05) is 36.4 Å². The first-order valence-corrected chi connectivity index (χ1v) is 9.53. The number of likely N-dealkylation sites (N-methyl/N-ethyl adjacent to an activating group) is 1. The van der Waals surface area contributed by atoms with Crippen molar-refractivity contribution in [1.29, 1.82) is 0 Å². The number of nitrogens with zero attached hydrogens (tertiary/aromatic N) is 4. The van der Waals surface area contributed by atoms with Crippen molar-refractivity contribution < 1.29 is 14.0 Å². The molecule has 4 atom stereocenters. The molecule has 4 aliphatic rings. The second-order valence-electron chi connectivity index (χ2n) is 7.84. The van der Waals surface area contributed by atoms with E-state index in [2.05, 4.69) is 20.5 Å². The number of pyridine rings is 1. The van der Waals surface area contributed by atoms with E-state index >= 15 is 0 Å². The Morgan fingerprint density at radius 2 is 1.97 bits per heavy atom. The Labute approximate surface area is 166 Å². The molecule has 7 rings (SSSR count). The predicted octanol–water partition coefficient (Wildman–Crippen LogP) is 1.54. The molecule has 4 heterocycles. The Balaban J connectivity index is 1.22. The number of carbonyl (C=O) groups is 2. The van der Waals surface area contributed by atoms with Gasteiger partial charge >= 0.3 is 11.8 Å². The average molecular weight is 387 g/mol. The summed E-state index contributed by atoms with van der Waals surface area (Å²) >= 11 is 0. The van der Waals surface area contributed by atoms with Gasteiger partial charge in [0.05, 0.1) is 6.42 Å². The number of fused-ring (bicyclic) bond motifs is 1. The summed E-state index contributed by atoms with van der Waals surface area (Å²) in [5, 5.41) is 10.7. The summed E-state index contributed by atoms with van der Waals surface area (Å²) < 4.78 is 5.55. The van der Waals surface area contributed by atoms with Gasteiger partial charge in [-0.3, -0.25) is 14.5 Å². The minimum atomic E-state index is -0.884. The summed E-state index contributed by atoms with van der Waals surface area (Å²) in [5.41, 5.74) is 1.20. The zero-order chi connectivity index (χ0) is 19.8. The van der Waals surface area contributed by atoms with Crippen LogP contribution in [0.5, 0.6) is 0 Å². The maximum absolute atomic E-state index is 13.1. The van der Waals surface area contributed by atoms with Crippen molar-refractivity contribution in [3.05, 3.63) is 71.6 Å². The molecule has 2 amide bonds. The third-order valence-corrected chi connectivity index (χ3v) is 6.29. The molecule has 8 heteroatoms. The van der Waals surface area contributed by atoms with Crippen LogP contribution in [0.2, 0.25) is 0 Å². The third kappa shape index (κ3) is 2.16. The van der Waals surface area contributed by atoms with Crippen LogP contribution >= 0.6 is 0 Å². The highest BCUT2D eigenvalue weighted by molar-refractivity contribution is 6.10. The van der Waals surface area contributed by atoms with Gasteiger partial charge in [-0.2, -0.15) is 0 Å². The molecule has 2 aromatic heterocycles. The van der Waals surface area contributed by atoms with E-state index in [0.29, 0.717) is 18.1 Å². The molecule has 0 radical (unpaired) electrons. The van der Waals surface area contributed by atoms with Gasteiger partial charge in [0.1, 0.15) is 11.4 Å². The van der Waals surface area contributed by atoms with Crippen molar-refractivity contribution in [1.82, 2.24) is 20.5 Å². The number of amides is 2. The molecule has 2 saturated carbocycles. The van der Waals surface area contributed by atoms with Crippen LogP contribution < -0.4 is 10.2 Å². The fraction of sp³-hybridized carbons (Fsp3) is 0.286. The number of anilines is 1. The van der Waals surface area contributed by atoms with Crippen molar-refractivity contribution in [2.24, 2.45) is 11.8 Å². The normalized spacial score (nSPS) is 28.2. The first kappa shape index (κ1) is 16.4. The monoisotopic (exact) mass is 387 g/mol. The molecular formula is C21H17N5O3. The summed E-state index contributed by atoms with van der Waals surface area (Å²) in [7, 11) is 1.70. The summed E-state index contributed by atoms with van der Waals surface area (Å²) in [5.74, 6) is 0.747. The zero-order valence-electron chi connectivity index (χ0n) is 15.6. The fourth-order valence-electron chi connectivity index (χ4n) is 4.85. The fourth-order valence-corrected chi connectivity index (χ4v) is 4.85. The minimum absolute atomic E-state index is 0.110. The number of hydrogen-bond acceptors (Lipinski definition) is 6. The Hall–Kier alpha value is -3.55. The van der Waals surface area contributed by atoms with Gasteiger partial charge in [0.25, 0.3) is 5.91 Å². The lowest BCUT2D eigenvalue weighted by molar-refractivity contribution is -0.122. The number of carbonyl (C=O) groups excluding carboxylic acids is 2. The van der Waals surface area contributed by atoms with Gasteiger partial charge in [-0.25, -0.2) is 4.98 Å². The molecule has 0 saturated heterocycles. The number of benzene rings is 1. The lowest BCUT2D eigenvalue weighted by atomic mass is 9.93. The third-order valence-electron chi connectivity index (χ3n) is 6.29. The first-order chi connectivity index (χ1) is 14.1. The molecule has 1 unspecified atom stereocenters. The Kier molecular flexibility index (Phi) is 3.11. The van der Waals surface area contributed by atoms with E-state index in [1.54, 1.807) is 18.1 Å². The molecule has 8 nitrogen and oxygen atoms in total. The average Bonchev–Trinajstić information content (AvgIpc) is 3.60. The Bertz CT molecular complexity index is 1150. The molecule has 2 fully saturated rings. The van der Waals surface area contributed by atoms with Crippen LogP contribution in [0.25, 0.3) is 0 Å². The van der Waals surface area contributed by atoms with Crippen LogP contribution in [-0.2, 0) is 11.2 Å². The highest BCUT2D eigenvalue weighted by atomic mass is 16.4. The van der Waals surface area contributed by atoms with Crippen LogP contribution in [0, 0.1) is 11.8 Å². The highest BCUT2D eigenvalue weighted by Gasteiger charge is 2.90. The first-order valence-electron chi connectivity index (χ1n) is 9.53. The standard InChI is InChI=1S/C21H17N5O3/c1-26-17-12(8-5-9-22-17)14-15-16(14)21(15,20(26)28)23-18(27)19-25-24-13(29-19)10-11-6-3-2-4-7-11/h2-9,14-16H,10H2,1H3,(H,23,27)/t14-,15+,16?,21-/m0/s1. The molecule has 2 aliphatic heterocycles. The number of aromatic nitrogens is 3. The number of rotatable bonds is 4. The van der Waals surface area contributed by atoms with Crippen molar-refractivity contribution in [3.63, 3.8) is 0 Å². The maximum Gasteiger partial charge on any atom is 0.309 e. The van der Waals surface area contributed by atoms with Crippen molar-refractivity contribution in [3.8, 4) is 0 Å². The van der Waals surface area contributed by atoms with Crippen molar-refractivity contribution >= 4 is 17.6 Å². The summed E-state index contributed by atoms with van der Waals surface area (Å²) in [4.78, 5) is 31.8. The van der Waals surface area contributed by atoms with Crippen LogP contribution in [0.4, 0.5) is 5.82 Å². The van der Waals surface area contributed by atoms with Crippen molar-refractivity contribution in [2.45, 2.75) is 17.9 Å². The van der Waals surface area contributed by atoms with E-state index in [0.717, 1.165) is 11.1 Å². The second kappa shape index (κ2) is 5.50. The lowest BCUT2D eigenvalue weighted by Gasteiger charge is -2.25. The maximum atomic E-state index is 13.1. The van der Waals surface area contributed by atoms with Gasteiger partial charge in [-0.15, -0.1) is 10.2 Å². The van der Waals surface area contributed by atoms with Gasteiger partial charge < -0.3 is 9.73 Å². The molecule has 2 aliphatic carbocycles. The van der Waals surface area contributed by atoms with Gasteiger partial charge in [0, 0.05) is 25.1 Å². The Morgan fingerprint density at radius 1 is 1.17 bits per heavy atom. The highest BCUT2D eigenvalue weighted by Crippen LogP contribution is 2.82. The van der Waals surface area contributed by atoms with Crippen LogP contribution in [0.15, 0.2) is 53.1 Å². The summed E-state index contributed by atoms with van der Waals surface area (Å²) in [6.07, 6.45) is 2.13.